The molecule has 4 rings (SSSR count). The molecule has 136 valence electrons. The van der Waals surface area contributed by atoms with Crippen LogP contribution in [0.25, 0.3) is 16.9 Å². The lowest BCUT2D eigenvalue weighted by atomic mass is 10.2. The second-order valence-electron chi connectivity index (χ2n) is 5.75. The summed E-state index contributed by atoms with van der Waals surface area (Å²) in [6, 6.07) is 9.00. The van der Waals surface area contributed by atoms with Crippen molar-refractivity contribution >= 4 is 11.2 Å². The van der Waals surface area contributed by atoms with Crippen LogP contribution >= 0.6 is 0 Å². The number of hydrogen-bond donors (Lipinski definition) is 0. The van der Waals surface area contributed by atoms with Crippen LogP contribution in [-0.2, 0) is 6.54 Å². The summed E-state index contributed by atoms with van der Waals surface area (Å²) in [4.78, 5) is 21.2. The average Bonchev–Trinajstić information content (AvgIpc) is 3.15. The van der Waals surface area contributed by atoms with Gasteiger partial charge >= 0.3 is 0 Å². The Bertz CT molecular complexity index is 1150. The maximum atomic E-state index is 12.7. The molecule has 9 nitrogen and oxygen atoms in total. The molecule has 0 aliphatic rings. The Morgan fingerprint density at radius 2 is 1.96 bits per heavy atom. The third kappa shape index (κ3) is 2.99. The molecular weight excluding hydrogens is 348 g/mol. The first-order chi connectivity index (χ1) is 13.2. The van der Waals surface area contributed by atoms with Crippen molar-refractivity contribution in [2.24, 2.45) is 0 Å². The first-order valence-electron chi connectivity index (χ1n) is 8.13. The predicted molar refractivity (Wildman–Crippen MR) is 97.4 cm³/mol. The fourth-order valence-corrected chi connectivity index (χ4v) is 2.78. The van der Waals surface area contributed by atoms with E-state index in [4.69, 9.17) is 9.47 Å². The van der Waals surface area contributed by atoms with E-state index in [1.54, 1.807) is 44.8 Å². The molecule has 0 aliphatic heterocycles. The van der Waals surface area contributed by atoms with E-state index in [-0.39, 0.29) is 11.1 Å². The molecule has 0 saturated carbocycles. The van der Waals surface area contributed by atoms with Gasteiger partial charge in [-0.05, 0) is 23.8 Å². The zero-order chi connectivity index (χ0) is 18.8. The first-order valence-corrected chi connectivity index (χ1v) is 8.13. The van der Waals surface area contributed by atoms with Gasteiger partial charge in [0.05, 0.1) is 26.5 Å². The summed E-state index contributed by atoms with van der Waals surface area (Å²) >= 11 is 0. The van der Waals surface area contributed by atoms with Crippen LogP contribution in [0.5, 0.6) is 11.5 Å². The van der Waals surface area contributed by atoms with Crippen molar-refractivity contribution < 1.29 is 9.47 Å². The molecule has 0 aliphatic carbocycles. The van der Waals surface area contributed by atoms with Crippen LogP contribution in [0.1, 0.15) is 5.56 Å². The quantitative estimate of drug-likeness (QED) is 0.528. The van der Waals surface area contributed by atoms with E-state index in [1.807, 2.05) is 12.1 Å². The number of nitrogens with zero attached hydrogens (tertiary/aromatic N) is 6. The zero-order valence-corrected chi connectivity index (χ0v) is 14.7. The molecule has 3 heterocycles. The van der Waals surface area contributed by atoms with Crippen molar-refractivity contribution in [1.82, 2.24) is 29.5 Å². The monoisotopic (exact) mass is 364 g/mol. The highest BCUT2D eigenvalue weighted by molar-refractivity contribution is 5.70. The fourth-order valence-electron chi connectivity index (χ4n) is 2.78. The van der Waals surface area contributed by atoms with Crippen LogP contribution in [0, 0.1) is 0 Å². The number of ether oxygens (including phenoxy) is 2. The summed E-state index contributed by atoms with van der Waals surface area (Å²) in [7, 11) is 3.12. The molecule has 27 heavy (non-hydrogen) atoms. The van der Waals surface area contributed by atoms with Gasteiger partial charge in [0.2, 0.25) is 0 Å². The Kier molecular flexibility index (Phi) is 4.25. The van der Waals surface area contributed by atoms with Gasteiger partial charge in [-0.1, -0.05) is 11.3 Å². The van der Waals surface area contributed by atoms with E-state index in [0.29, 0.717) is 29.4 Å². The van der Waals surface area contributed by atoms with Crippen LogP contribution < -0.4 is 15.0 Å². The molecular formula is C18H16N6O3. The highest BCUT2D eigenvalue weighted by Gasteiger charge is 2.15. The van der Waals surface area contributed by atoms with E-state index in [1.165, 1.54) is 15.6 Å². The van der Waals surface area contributed by atoms with E-state index in [9.17, 15) is 4.79 Å². The molecule has 1 aromatic carbocycles. The van der Waals surface area contributed by atoms with Crippen molar-refractivity contribution in [2.75, 3.05) is 14.2 Å². The van der Waals surface area contributed by atoms with Gasteiger partial charge in [-0.15, -0.1) is 5.10 Å². The van der Waals surface area contributed by atoms with Crippen molar-refractivity contribution in [1.29, 1.82) is 0 Å². The number of benzene rings is 1. The lowest BCUT2D eigenvalue weighted by Gasteiger charge is -2.09. The van der Waals surface area contributed by atoms with Crippen LogP contribution in [0.15, 0.2) is 53.8 Å². The standard InChI is InChI=1S/C18H16N6O3/c1-26-14-6-5-13(8-15(14)27-2)24-17-16(21-22-24)18(25)23(11-20-17)10-12-4-3-7-19-9-12/h3-9,11H,10H2,1-2H3. The Balaban J connectivity index is 1.77. The van der Waals surface area contributed by atoms with Gasteiger partial charge in [-0.3, -0.25) is 14.3 Å². The minimum Gasteiger partial charge on any atom is -0.493 e. The number of fused-ring (bicyclic) bond motifs is 1. The van der Waals surface area contributed by atoms with Gasteiger partial charge in [0.1, 0.15) is 6.33 Å². The van der Waals surface area contributed by atoms with Crippen LogP contribution in [0.4, 0.5) is 0 Å². The van der Waals surface area contributed by atoms with Crippen LogP contribution in [-0.4, -0.2) is 43.7 Å². The van der Waals surface area contributed by atoms with Crippen LogP contribution in [0.3, 0.4) is 0 Å². The first kappa shape index (κ1) is 16.7. The maximum absolute atomic E-state index is 12.7. The summed E-state index contributed by atoms with van der Waals surface area (Å²) in [6.45, 7) is 0.360. The topological polar surface area (TPSA) is 97.0 Å². The second-order valence-corrected chi connectivity index (χ2v) is 5.75. The summed E-state index contributed by atoms with van der Waals surface area (Å²) in [6.07, 6.45) is 4.87. The molecule has 0 N–H and O–H groups in total. The molecule has 0 fully saturated rings. The Hall–Kier alpha value is -3.75. The molecule has 0 spiro atoms. The lowest BCUT2D eigenvalue weighted by molar-refractivity contribution is 0.355. The Morgan fingerprint density at radius 1 is 1.11 bits per heavy atom. The van der Waals surface area contributed by atoms with Gasteiger partial charge in [-0.25, -0.2) is 4.98 Å². The Morgan fingerprint density at radius 3 is 2.70 bits per heavy atom. The van der Waals surface area contributed by atoms with Gasteiger partial charge < -0.3 is 9.47 Å². The molecule has 0 unspecified atom stereocenters. The minimum atomic E-state index is -0.268. The maximum Gasteiger partial charge on any atom is 0.283 e. The molecule has 0 atom stereocenters. The summed E-state index contributed by atoms with van der Waals surface area (Å²) < 4.78 is 13.5. The van der Waals surface area contributed by atoms with Crippen molar-refractivity contribution in [3.63, 3.8) is 0 Å². The number of pyridine rings is 1. The van der Waals surface area contributed by atoms with Crippen LogP contribution in [0.2, 0.25) is 0 Å². The molecule has 0 radical (unpaired) electrons. The van der Waals surface area contributed by atoms with Crippen molar-refractivity contribution in [3.05, 3.63) is 65.0 Å². The zero-order valence-electron chi connectivity index (χ0n) is 14.7. The average molecular weight is 364 g/mol. The number of hydrogen-bond acceptors (Lipinski definition) is 7. The van der Waals surface area contributed by atoms with Gasteiger partial charge in [0.25, 0.3) is 5.56 Å². The molecule has 0 bridgehead atoms. The second kappa shape index (κ2) is 6.87. The van der Waals surface area contributed by atoms with Crippen molar-refractivity contribution in [3.8, 4) is 17.2 Å². The highest BCUT2D eigenvalue weighted by Crippen LogP contribution is 2.29. The number of rotatable bonds is 5. The normalized spacial score (nSPS) is 10.9. The number of aromatic nitrogens is 6. The SMILES string of the molecule is COc1ccc(-n2nnc3c(=O)n(Cc4cccnc4)cnc32)cc1OC. The summed E-state index contributed by atoms with van der Waals surface area (Å²) in [5, 5.41) is 8.11. The molecule has 9 heteroatoms. The summed E-state index contributed by atoms with van der Waals surface area (Å²) in [5.74, 6) is 1.14. The highest BCUT2D eigenvalue weighted by atomic mass is 16.5. The minimum absolute atomic E-state index is 0.191. The van der Waals surface area contributed by atoms with E-state index < -0.39 is 0 Å². The van der Waals surface area contributed by atoms with Gasteiger partial charge in [0.15, 0.2) is 22.7 Å². The third-order valence-electron chi connectivity index (χ3n) is 4.12. The van der Waals surface area contributed by atoms with Gasteiger partial charge in [-0.2, -0.15) is 4.68 Å². The Labute approximate surface area is 153 Å². The summed E-state index contributed by atoms with van der Waals surface area (Å²) in [5.41, 5.74) is 1.85. The van der Waals surface area contributed by atoms with E-state index in [2.05, 4.69) is 20.3 Å². The van der Waals surface area contributed by atoms with Gasteiger partial charge in [0, 0.05) is 18.5 Å². The lowest BCUT2D eigenvalue weighted by Crippen LogP contribution is -2.21. The fraction of sp³-hybridized carbons (Fsp3) is 0.167. The molecule has 4 aromatic rings. The third-order valence-corrected chi connectivity index (χ3v) is 4.12. The van der Waals surface area contributed by atoms with E-state index >= 15 is 0 Å². The molecule has 0 saturated heterocycles. The molecule has 3 aromatic heterocycles. The predicted octanol–water partition coefficient (Wildman–Crippen LogP) is 1.44. The smallest absolute Gasteiger partial charge is 0.283 e. The van der Waals surface area contributed by atoms with Crippen molar-refractivity contribution in [2.45, 2.75) is 6.54 Å². The van der Waals surface area contributed by atoms with E-state index in [0.717, 1.165) is 5.56 Å². The largest absolute Gasteiger partial charge is 0.493 e. The number of methoxy groups -OCH3 is 2. The molecule has 0 amide bonds.